The zero-order valence-corrected chi connectivity index (χ0v) is 11.2. The van der Waals surface area contributed by atoms with Crippen LogP contribution in [0.4, 0.5) is 9.93 Å². The second-order valence-electron chi connectivity index (χ2n) is 4.06. The highest BCUT2D eigenvalue weighted by Gasteiger charge is 2.58. The second kappa shape index (κ2) is 4.12. The van der Waals surface area contributed by atoms with E-state index in [-0.39, 0.29) is 24.3 Å². The smallest absolute Gasteiger partial charge is 0.318 e. The maximum Gasteiger partial charge on any atom is 0.431 e. The first-order chi connectivity index (χ1) is 8.27. The van der Waals surface area contributed by atoms with Crippen molar-refractivity contribution in [3.05, 3.63) is 5.01 Å². The number of hydrogen-bond acceptors (Lipinski definition) is 7. The van der Waals surface area contributed by atoms with Gasteiger partial charge >= 0.3 is 16.2 Å². The van der Waals surface area contributed by atoms with Gasteiger partial charge in [-0.15, -0.1) is 14.1 Å². The Kier molecular flexibility index (Phi) is 3.01. The van der Waals surface area contributed by atoms with Crippen molar-refractivity contribution in [3.63, 3.8) is 0 Å². The molecule has 11 heteroatoms. The molecule has 0 atom stereocenters. The Morgan fingerprint density at radius 1 is 1.50 bits per heavy atom. The van der Waals surface area contributed by atoms with E-state index in [1.54, 1.807) is 6.92 Å². The van der Waals surface area contributed by atoms with E-state index in [9.17, 15) is 13.2 Å². The molecule has 0 spiro atoms. The number of carbonyl (C=O) groups excluding carboxylic acids is 1. The molecule has 100 valence electrons. The molecule has 0 aliphatic carbocycles. The minimum atomic E-state index is -4.02. The van der Waals surface area contributed by atoms with Crippen LogP contribution in [0.5, 0.6) is 0 Å². The fourth-order valence-corrected chi connectivity index (χ4v) is 4.11. The molecule has 0 aromatic carbocycles. The van der Waals surface area contributed by atoms with Crippen molar-refractivity contribution in [2.75, 3.05) is 17.8 Å². The molecule has 18 heavy (non-hydrogen) atoms. The lowest BCUT2D eigenvalue weighted by atomic mass is 10.1. The number of likely N-dealkylation sites (tertiary alicyclic amines) is 1. The average molecular weight is 293 g/mol. The van der Waals surface area contributed by atoms with Crippen LogP contribution in [0.15, 0.2) is 0 Å². The fourth-order valence-electron chi connectivity index (χ4n) is 1.73. The minimum Gasteiger partial charge on any atom is -0.318 e. The molecule has 1 aromatic heterocycles. The number of aromatic nitrogens is 2. The molecule has 2 rings (SSSR count). The Balaban J connectivity index is 2.27. The van der Waals surface area contributed by atoms with E-state index in [2.05, 4.69) is 14.9 Å². The van der Waals surface area contributed by atoms with Crippen LogP contribution < -0.4 is 16.2 Å². The summed E-state index contributed by atoms with van der Waals surface area (Å²) in [6.45, 7) is 1.61. The van der Waals surface area contributed by atoms with Crippen LogP contribution in [0, 0.1) is 6.92 Å². The number of nitrogens with one attached hydrogen (secondary N) is 1. The van der Waals surface area contributed by atoms with Crippen molar-refractivity contribution in [3.8, 4) is 0 Å². The van der Waals surface area contributed by atoms with E-state index in [4.69, 9.17) is 11.5 Å². The molecule has 1 aliphatic heterocycles. The topological polar surface area (TPSA) is 141 Å². The van der Waals surface area contributed by atoms with E-state index in [0.717, 1.165) is 11.3 Å². The lowest BCUT2D eigenvalue weighted by Gasteiger charge is -2.42. The van der Waals surface area contributed by atoms with Crippen LogP contribution in [0.2, 0.25) is 0 Å². The van der Waals surface area contributed by atoms with Crippen molar-refractivity contribution in [1.29, 1.82) is 0 Å². The molecule has 0 saturated carbocycles. The largest absolute Gasteiger partial charge is 0.431 e. The summed E-state index contributed by atoms with van der Waals surface area (Å²) in [6.07, 6.45) is 0. The first-order valence-electron chi connectivity index (χ1n) is 5.02. The Hall–Kier alpha value is -1.30. The van der Waals surface area contributed by atoms with Gasteiger partial charge in [-0.2, -0.15) is 8.42 Å². The van der Waals surface area contributed by atoms with E-state index >= 15 is 0 Å². The first-order valence-corrected chi connectivity index (χ1v) is 7.28. The van der Waals surface area contributed by atoms with Crippen molar-refractivity contribution >= 4 is 32.7 Å². The van der Waals surface area contributed by atoms with Gasteiger partial charge in [-0.1, -0.05) is 11.3 Å². The molecule has 0 bridgehead atoms. The molecular formula is C7H13N6O3S2+. The van der Waals surface area contributed by atoms with Gasteiger partial charge in [0.05, 0.1) is 0 Å². The molecular weight excluding hydrogens is 280 g/mol. The number of rotatable bonds is 3. The predicted octanol–water partition coefficient (Wildman–Crippen LogP) is -1.26. The molecule has 1 fully saturated rings. The molecule has 1 aliphatic rings. The van der Waals surface area contributed by atoms with Gasteiger partial charge in [0.15, 0.2) is 0 Å². The average Bonchev–Trinajstić information content (AvgIpc) is 2.57. The molecule has 0 unspecified atom stereocenters. The summed E-state index contributed by atoms with van der Waals surface area (Å²) in [5, 5.41) is 8.03. The number of nitrogens with zero attached hydrogens (tertiary/aromatic N) is 3. The second-order valence-corrected chi connectivity index (χ2v) is 7.09. The number of amides is 2. The highest BCUT2D eigenvalue weighted by molar-refractivity contribution is 7.87. The fraction of sp³-hybridized carbons (Fsp3) is 0.571. The van der Waals surface area contributed by atoms with E-state index in [1.165, 1.54) is 0 Å². The summed E-state index contributed by atoms with van der Waals surface area (Å²) in [6, 6.07) is -1.31. The van der Waals surface area contributed by atoms with Crippen LogP contribution in [0.3, 0.4) is 0 Å². The number of carbonyl (C=O) groups is 1. The summed E-state index contributed by atoms with van der Waals surface area (Å²) in [5.41, 5.74) is 10.7. The number of quaternary nitrogens is 1. The standard InChI is InChI=1S/C7H12N6O3S2/c1-4-10-11-7(17-4)12-18(15,16)13(6(9)14)2-5(8)3-13/h5H,2-3,8H2,1H3,(H2-,9,11,12,14)/p+1. The molecule has 1 aromatic rings. The zero-order valence-electron chi connectivity index (χ0n) is 9.53. The van der Waals surface area contributed by atoms with Gasteiger partial charge in [-0.25, -0.2) is 9.52 Å². The van der Waals surface area contributed by atoms with Gasteiger partial charge < -0.3 is 11.5 Å². The van der Waals surface area contributed by atoms with Crippen LogP contribution in [0.1, 0.15) is 5.01 Å². The van der Waals surface area contributed by atoms with Gasteiger partial charge in [0.25, 0.3) is 0 Å². The molecule has 2 heterocycles. The number of nitrogens with two attached hydrogens (primary N) is 2. The maximum atomic E-state index is 12.1. The number of primary amides is 1. The monoisotopic (exact) mass is 293 g/mol. The minimum absolute atomic E-state index is 0.0392. The van der Waals surface area contributed by atoms with E-state index in [0.29, 0.717) is 5.01 Å². The Morgan fingerprint density at radius 2 is 2.11 bits per heavy atom. The van der Waals surface area contributed by atoms with Crippen molar-refractivity contribution in [2.45, 2.75) is 13.0 Å². The highest BCUT2D eigenvalue weighted by Crippen LogP contribution is 2.27. The van der Waals surface area contributed by atoms with Crippen molar-refractivity contribution in [1.82, 2.24) is 10.2 Å². The molecule has 5 N–H and O–H groups in total. The Labute approximate surface area is 108 Å². The Morgan fingerprint density at radius 3 is 2.50 bits per heavy atom. The first kappa shape index (κ1) is 13.1. The van der Waals surface area contributed by atoms with Gasteiger partial charge in [0.2, 0.25) is 5.13 Å². The summed E-state index contributed by atoms with van der Waals surface area (Å²) in [5.74, 6) is 0. The number of urea groups is 1. The van der Waals surface area contributed by atoms with Gasteiger partial charge in [-0.05, 0) is 6.92 Å². The molecule has 1 saturated heterocycles. The zero-order chi connectivity index (χ0) is 13.6. The number of anilines is 1. The predicted molar refractivity (Wildman–Crippen MR) is 64.7 cm³/mol. The summed E-state index contributed by atoms with van der Waals surface area (Å²) in [7, 11) is -4.02. The summed E-state index contributed by atoms with van der Waals surface area (Å²) >= 11 is 1.07. The quantitative estimate of drug-likeness (QED) is 0.594. The van der Waals surface area contributed by atoms with Gasteiger partial charge in [0.1, 0.15) is 24.1 Å². The number of hydrogen-bond donors (Lipinski definition) is 3. The third-order valence-corrected chi connectivity index (χ3v) is 5.40. The van der Waals surface area contributed by atoms with Crippen LogP contribution in [-0.4, -0.2) is 47.7 Å². The lowest BCUT2D eigenvalue weighted by Crippen LogP contribution is -2.76. The molecule has 0 radical (unpaired) electrons. The van der Waals surface area contributed by atoms with E-state index in [1.807, 2.05) is 0 Å². The SMILES string of the molecule is Cc1nnc(NS(=O)(=O)[N+]2(C(N)=O)CC(N)C2)s1. The van der Waals surface area contributed by atoms with Crippen molar-refractivity contribution in [2.24, 2.45) is 11.5 Å². The summed E-state index contributed by atoms with van der Waals surface area (Å²) in [4.78, 5) is 11.4. The summed E-state index contributed by atoms with van der Waals surface area (Å²) < 4.78 is 25.6. The molecule has 2 amide bonds. The highest BCUT2D eigenvalue weighted by atomic mass is 32.2. The third kappa shape index (κ3) is 1.94. The molecule has 9 nitrogen and oxygen atoms in total. The van der Waals surface area contributed by atoms with Gasteiger partial charge in [0, 0.05) is 0 Å². The van der Waals surface area contributed by atoms with Crippen LogP contribution in [0.25, 0.3) is 0 Å². The van der Waals surface area contributed by atoms with Crippen molar-refractivity contribution < 1.29 is 17.1 Å². The lowest BCUT2D eigenvalue weighted by molar-refractivity contribution is -0.768. The van der Waals surface area contributed by atoms with E-state index < -0.39 is 20.1 Å². The van der Waals surface area contributed by atoms with Gasteiger partial charge in [-0.3, -0.25) is 0 Å². The van der Waals surface area contributed by atoms with Crippen LogP contribution >= 0.6 is 11.3 Å². The maximum absolute atomic E-state index is 12.1. The Bertz CT molecular complexity index is 576. The number of aryl methyl sites for hydroxylation is 1. The third-order valence-electron chi connectivity index (χ3n) is 2.66. The normalized spacial score (nSPS) is 27.6. The van der Waals surface area contributed by atoms with Crippen LogP contribution in [-0.2, 0) is 10.2 Å².